The molecule has 1 saturated heterocycles. The highest BCUT2D eigenvalue weighted by molar-refractivity contribution is 5.79. The topological polar surface area (TPSA) is 58.6 Å². The molecule has 0 aromatic rings. The zero-order valence-corrected chi connectivity index (χ0v) is 10.2. The second-order valence-corrected chi connectivity index (χ2v) is 4.31. The molecule has 1 N–H and O–H groups in total. The minimum absolute atomic E-state index is 0.172. The van der Waals surface area contributed by atoms with Crippen molar-refractivity contribution in [1.29, 1.82) is 0 Å². The molecular formula is C11H20N2O3. The zero-order valence-electron chi connectivity index (χ0n) is 10.2. The van der Waals surface area contributed by atoms with Gasteiger partial charge in [-0.25, -0.2) is 4.79 Å². The lowest BCUT2D eigenvalue weighted by molar-refractivity contribution is -0.129. The number of rotatable bonds is 4. The van der Waals surface area contributed by atoms with Crippen LogP contribution >= 0.6 is 0 Å². The fourth-order valence-corrected chi connectivity index (χ4v) is 1.85. The summed E-state index contributed by atoms with van der Waals surface area (Å²) in [6, 6.07) is 0.236. The molecule has 1 rings (SSSR count). The number of ether oxygens (including phenoxy) is 1. The van der Waals surface area contributed by atoms with Gasteiger partial charge >= 0.3 is 6.09 Å². The van der Waals surface area contributed by atoms with E-state index in [9.17, 15) is 9.59 Å². The molecule has 0 aromatic heterocycles. The highest BCUT2D eigenvalue weighted by Crippen LogP contribution is 2.19. The van der Waals surface area contributed by atoms with Gasteiger partial charge in [-0.1, -0.05) is 0 Å². The Morgan fingerprint density at radius 2 is 2.31 bits per heavy atom. The average Bonchev–Trinajstić information content (AvgIpc) is 2.57. The van der Waals surface area contributed by atoms with E-state index in [-0.39, 0.29) is 17.9 Å². The summed E-state index contributed by atoms with van der Waals surface area (Å²) in [5.41, 5.74) is 0. The van der Waals surface area contributed by atoms with E-state index < -0.39 is 6.09 Å². The number of likely N-dealkylation sites (tertiary alicyclic amines) is 1. The second kappa shape index (κ2) is 5.72. The third kappa shape index (κ3) is 3.40. The van der Waals surface area contributed by atoms with Gasteiger partial charge in [-0.2, -0.15) is 0 Å². The van der Waals surface area contributed by atoms with Crippen LogP contribution in [0.5, 0.6) is 0 Å². The van der Waals surface area contributed by atoms with E-state index in [0.717, 1.165) is 6.54 Å². The third-order valence-corrected chi connectivity index (χ3v) is 2.67. The van der Waals surface area contributed by atoms with Gasteiger partial charge in [-0.15, -0.1) is 0 Å². The first kappa shape index (κ1) is 12.8. The predicted octanol–water partition coefficient (Wildman–Crippen LogP) is 0.989. The minimum atomic E-state index is -0.405. The van der Waals surface area contributed by atoms with Gasteiger partial charge in [0.25, 0.3) is 0 Å². The van der Waals surface area contributed by atoms with E-state index in [1.54, 1.807) is 6.92 Å². The maximum Gasteiger partial charge on any atom is 0.407 e. The van der Waals surface area contributed by atoms with Gasteiger partial charge in [-0.05, 0) is 20.8 Å². The maximum absolute atomic E-state index is 11.6. The van der Waals surface area contributed by atoms with Crippen LogP contribution in [0.25, 0.3) is 0 Å². The van der Waals surface area contributed by atoms with Crippen LogP contribution in [0, 0.1) is 5.92 Å². The van der Waals surface area contributed by atoms with Crippen LogP contribution in [-0.4, -0.2) is 42.6 Å². The van der Waals surface area contributed by atoms with Crippen LogP contribution in [0.3, 0.4) is 0 Å². The highest BCUT2D eigenvalue weighted by atomic mass is 16.5. The normalized spacial score (nSPS) is 20.4. The second-order valence-electron chi connectivity index (χ2n) is 4.31. The number of nitrogens with zero attached hydrogens (tertiary/aromatic N) is 1. The van der Waals surface area contributed by atoms with Crippen molar-refractivity contribution in [2.24, 2.45) is 5.92 Å². The van der Waals surface area contributed by atoms with Crippen molar-refractivity contribution in [3.63, 3.8) is 0 Å². The molecule has 1 unspecified atom stereocenters. The molecule has 1 aliphatic rings. The number of carbonyl (C=O) groups is 2. The Kier molecular flexibility index (Phi) is 4.58. The first-order valence-corrected chi connectivity index (χ1v) is 5.74. The van der Waals surface area contributed by atoms with E-state index in [2.05, 4.69) is 5.32 Å². The van der Waals surface area contributed by atoms with E-state index >= 15 is 0 Å². The van der Waals surface area contributed by atoms with Crippen molar-refractivity contribution in [2.75, 3.05) is 19.7 Å². The molecule has 0 aromatic carbocycles. The monoisotopic (exact) mass is 228 g/mol. The Labute approximate surface area is 96.1 Å². The molecule has 0 bridgehead atoms. The molecule has 1 atom stereocenters. The average molecular weight is 228 g/mol. The van der Waals surface area contributed by atoms with Gasteiger partial charge in [0.15, 0.2) is 0 Å². The van der Waals surface area contributed by atoms with Crippen LogP contribution in [0.4, 0.5) is 4.79 Å². The molecule has 0 radical (unpaired) electrons. The summed E-state index contributed by atoms with van der Waals surface area (Å²) < 4.78 is 4.75. The van der Waals surface area contributed by atoms with Crippen molar-refractivity contribution in [3.05, 3.63) is 0 Å². The molecular weight excluding hydrogens is 208 g/mol. The molecule has 0 saturated carbocycles. The standard InChI is InChI=1S/C11H20N2O3/c1-4-16-11(15)12-6-9-5-10(14)13(7-9)8(2)3/h8-9H,4-7H2,1-3H3,(H,12,15). The van der Waals surface area contributed by atoms with Crippen molar-refractivity contribution in [3.8, 4) is 0 Å². The van der Waals surface area contributed by atoms with Crippen LogP contribution in [-0.2, 0) is 9.53 Å². The minimum Gasteiger partial charge on any atom is -0.450 e. The fraction of sp³-hybridized carbons (Fsp3) is 0.818. The summed E-state index contributed by atoms with van der Waals surface area (Å²) in [7, 11) is 0. The molecule has 2 amide bonds. The van der Waals surface area contributed by atoms with Crippen molar-refractivity contribution in [1.82, 2.24) is 10.2 Å². The van der Waals surface area contributed by atoms with Gasteiger partial charge < -0.3 is 15.0 Å². The number of hydrogen-bond acceptors (Lipinski definition) is 3. The summed E-state index contributed by atoms with van der Waals surface area (Å²) in [6.07, 6.45) is 0.114. The number of carbonyl (C=O) groups excluding carboxylic acids is 2. The summed E-state index contributed by atoms with van der Waals surface area (Å²) in [4.78, 5) is 24.5. The Hall–Kier alpha value is -1.26. The molecule has 1 fully saturated rings. The molecule has 16 heavy (non-hydrogen) atoms. The molecule has 92 valence electrons. The van der Waals surface area contributed by atoms with E-state index in [0.29, 0.717) is 19.6 Å². The first-order valence-electron chi connectivity index (χ1n) is 5.74. The smallest absolute Gasteiger partial charge is 0.407 e. The Morgan fingerprint density at radius 3 is 2.81 bits per heavy atom. The van der Waals surface area contributed by atoms with Gasteiger partial charge in [0.1, 0.15) is 0 Å². The van der Waals surface area contributed by atoms with E-state index in [1.807, 2.05) is 18.7 Å². The molecule has 1 aliphatic heterocycles. The largest absolute Gasteiger partial charge is 0.450 e. The van der Waals surface area contributed by atoms with Crippen molar-refractivity contribution >= 4 is 12.0 Å². The number of nitrogens with one attached hydrogen (secondary N) is 1. The lowest BCUT2D eigenvalue weighted by Gasteiger charge is -2.20. The third-order valence-electron chi connectivity index (χ3n) is 2.67. The van der Waals surface area contributed by atoms with Crippen LogP contribution in [0.15, 0.2) is 0 Å². The van der Waals surface area contributed by atoms with Gasteiger partial charge in [0.2, 0.25) is 5.91 Å². The predicted molar refractivity (Wildman–Crippen MR) is 60.0 cm³/mol. The summed E-state index contributed by atoms with van der Waals surface area (Å²) >= 11 is 0. The number of alkyl carbamates (subject to hydrolysis) is 1. The summed E-state index contributed by atoms with van der Waals surface area (Å²) in [5, 5.41) is 2.67. The zero-order chi connectivity index (χ0) is 12.1. The van der Waals surface area contributed by atoms with E-state index in [1.165, 1.54) is 0 Å². The van der Waals surface area contributed by atoms with Crippen molar-refractivity contribution < 1.29 is 14.3 Å². The lowest BCUT2D eigenvalue weighted by Crippen LogP contribution is -2.34. The van der Waals surface area contributed by atoms with Crippen LogP contribution < -0.4 is 5.32 Å². The van der Waals surface area contributed by atoms with Gasteiger partial charge in [0, 0.05) is 31.5 Å². The SMILES string of the molecule is CCOC(=O)NCC1CC(=O)N(C(C)C)C1. The first-order chi connectivity index (χ1) is 7.54. The molecule has 5 heteroatoms. The quantitative estimate of drug-likeness (QED) is 0.780. The molecule has 5 nitrogen and oxygen atoms in total. The Morgan fingerprint density at radius 1 is 1.62 bits per heavy atom. The van der Waals surface area contributed by atoms with Crippen LogP contribution in [0.1, 0.15) is 27.2 Å². The number of amides is 2. The van der Waals surface area contributed by atoms with E-state index in [4.69, 9.17) is 4.74 Å². The molecule has 0 aliphatic carbocycles. The Balaban J connectivity index is 2.31. The highest BCUT2D eigenvalue weighted by Gasteiger charge is 2.31. The molecule has 1 heterocycles. The number of hydrogen-bond donors (Lipinski definition) is 1. The lowest BCUT2D eigenvalue weighted by atomic mass is 10.1. The Bertz CT molecular complexity index is 266. The summed E-state index contributed by atoms with van der Waals surface area (Å²) in [6.45, 7) is 7.36. The summed E-state index contributed by atoms with van der Waals surface area (Å²) in [5.74, 6) is 0.380. The van der Waals surface area contributed by atoms with Crippen LogP contribution in [0.2, 0.25) is 0 Å². The van der Waals surface area contributed by atoms with Gasteiger partial charge in [0.05, 0.1) is 6.61 Å². The molecule has 0 spiro atoms. The fourth-order valence-electron chi connectivity index (χ4n) is 1.85. The maximum atomic E-state index is 11.6. The van der Waals surface area contributed by atoms with Gasteiger partial charge in [-0.3, -0.25) is 4.79 Å². The van der Waals surface area contributed by atoms with Crippen molar-refractivity contribution in [2.45, 2.75) is 33.2 Å².